The van der Waals surface area contributed by atoms with Crippen LogP contribution in [0.2, 0.25) is 0 Å². The third kappa shape index (κ3) is 6.65. The van der Waals surface area contributed by atoms with Crippen molar-refractivity contribution in [3.05, 3.63) is 35.9 Å². The smallest absolute Gasteiger partial charge is 0.407 e. The van der Waals surface area contributed by atoms with Crippen molar-refractivity contribution in [2.24, 2.45) is 0 Å². The van der Waals surface area contributed by atoms with Gasteiger partial charge in [0.2, 0.25) is 0 Å². The van der Waals surface area contributed by atoms with Gasteiger partial charge in [0.25, 0.3) is 0 Å². The number of amides is 1. The van der Waals surface area contributed by atoms with Crippen molar-refractivity contribution < 1.29 is 19.4 Å². The number of carboxylic acid groups (broad SMARTS) is 1. The number of nitrogens with one attached hydrogen (secondary N) is 1. The first kappa shape index (κ1) is 20.2. The van der Waals surface area contributed by atoms with Gasteiger partial charge in [-0.05, 0) is 26.3 Å². The van der Waals surface area contributed by atoms with Gasteiger partial charge in [-0.15, -0.1) is 0 Å². The molecule has 0 aliphatic carbocycles. The standard InChI is InChI=1S/C19H29N3O4/c1-19(2,3)26-18(25)20-13-16(17(23)24)22-11-9-21(10-12-22)14-15-7-5-4-6-8-15/h4-8,16H,9-14H2,1-3H3,(H,20,25)(H,23,24). The monoisotopic (exact) mass is 363 g/mol. The average molecular weight is 363 g/mol. The molecule has 1 unspecified atom stereocenters. The predicted molar refractivity (Wildman–Crippen MR) is 99.0 cm³/mol. The molecule has 26 heavy (non-hydrogen) atoms. The molecule has 1 aromatic rings. The first-order valence-electron chi connectivity index (χ1n) is 8.94. The Bertz CT molecular complexity index is 593. The van der Waals surface area contributed by atoms with Gasteiger partial charge in [0.1, 0.15) is 11.6 Å². The Morgan fingerprint density at radius 2 is 1.77 bits per heavy atom. The van der Waals surface area contributed by atoms with Gasteiger partial charge in [0.15, 0.2) is 0 Å². The van der Waals surface area contributed by atoms with E-state index in [0.29, 0.717) is 13.1 Å². The van der Waals surface area contributed by atoms with Crippen molar-refractivity contribution >= 4 is 12.1 Å². The number of carboxylic acids is 1. The molecule has 1 heterocycles. The molecule has 1 saturated heterocycles. The van der Waals surface area contributed by atoms with Crippen LogP contribution in [0.15, 0.2) is 30.3 Å². The lowest BCUT2D eigenvalue weighted by atomic mass is 10.1. The first-order chi connectivity index (χ1) is 12.2. The molecule has 7 heteroatoms. The highest BCUT2D eigenvalue weighted by molar-refractivity contribution is 5.75. The first-order valence-corrected chi connectivity index (χ1v) is 8.94. The van der Waals surface area contributed by atoms with E-state index in [0.717, 1.165) is 19.6 Å². The summed E-state index contributed by atoms with van der Waals surface area (Å²) in [4.78, 5) is 27.6. The van der Waals surface area contributed by atoms with Crippen molar-refractivity contribution in [3.8, 4) is 0 Å². The summed E-state index contributed by atoms with van der Waals surface area (Å²) in [5.41, 5.74) is 0.647. The molecule has 1 aromatic carbocycles. The molecule has 0 radical (unpaired) electrons. The fourth-order valence-electron chi connectivity index (χ4n) is 2.94. The van der Waals surface area contributed by atoms with Crippen molar-refractivity contribution in [1.29, 1.82) is 0 Å². The van der Waals surface area contributed by atoms with Gasteiger partial charge in [0, 0.05) is 39.3 Å². The zero-order chi connectivity index (χ0) is 19.2. The van der Waals surface area contributed by atoms with Crippen LogP contribution < -0.4 is 5.32 Å². The quantitative estimate of drug-likeness (QED) is 0.802. The van der Waals surface area contributed by atoms with Gasteiger partial charge >= 0.3 is 12.1 Å². The molecule has 0 spiro atoms. The van der Waals surface area contributed by atoms with Crippen LogP contribution in [-0.4, -0.2) is 71.3 Å². The van der Waals surface area contributed by atoms with Gasteiger partial charge in [-0.2, -0.15) is 0 Å². The van der Waals surface area contributed by atoms with Crippen LogP contribution in [0.3, 0.4) is 0 Å². The molecule has 1 amide bonds. The Morgan fingerprint density at radius 3 is 2.31 bits per heavy atom. The van der Waals surface area contributed by atoms with Gasteiger partial charge in [-0.25, -0.2) is 4.79 Å². The Morgan fingerprint density at radius 1 is 1.15 bits per heavy atom. The average Bonchev–Trinajstić information content (AvgIpc) is 2.55. The minimum absolute atomic E-state index is 0.0307. The van der Waals surface area contributed by atoms with Crippen LogP contribution >= 0.6 is 0 Å². The Balaban J connectivity index is 1.82. The molecule has 2 rings (SSSR count). The topological polar surface area (TPSA) is 82.1 Å². The van der Waals surface area contributed by atoms with Gasteiger partial charge < -0.3 is 15.2 Å². The molecule has 1 aliphatic heterocycles. The number of hydrogen-bond acceptors (Lipinski definition) is 5. The van der Waals surface area contributed by atoms with Crippen molar-refractivity contribution in [2.45, 2.75) is 39.0 Å². The van der Waals surface area contributed by atoms with E-state index in [4.69, 9.17) is 4.74 Å². The molecular formula is C19H29N3O4. The maximum absolute atomic E-state index is 11.8. The van der Waals surface area contributed by atoms with Gasteiger partial charge in [-0.3, -0.25) is 14.6 Å². The molecular weight excluding hydrogens is 334 g/mol. The Labute approximate surface area is 154 Å². The van der Waals surface area contributed by atoms with Crippen LogP contribution in [0.4, 0.5) is 4.79 Å². The van der Waals surface area contributed by atoms with Crippen LogP contribution in [-0.2, 0) is 16.1 Å². The molecule has 144 valence electrons. The minimum Gasteiger partial charge on any atom is -0.480 e. The van der Waals surface area contributed by atoms with Crippen molar-refractivity contribution in [1.82, 2.24) is 15.1 Å². The number of carbonyl (C=O) groups excluding carboxylic acids is 1. The van der Waals surface area contributed by atoms with Gasteiger partial charge in [0.05, 0.1) is 0 Å². The zero-order valence-electron chi connectivity index (χ0n) is 15.8. The van der Waals surface area contributed by atoms with E-state index < -0.39 is 23.7 Å². The lowest BCUT2D eigenvalue weighted by Crippen LogP contribution is -2.56. The lowest BCUT2D eigenvalue weighted by molar-refractivity contribution is -0.143. The molecule has 1 fully saturated rings. The summed E-state index contributed by atoms with van der Waals surface area (Å²) in [6.45, 7) is 9.11. The number of aliphatic carboxylic acids is 1. The largest absolute Gasteiger partial charge is 0.480 e. The summed E-state index contributed by atoms with van der Waals surface area (Å²) in [6, 6.07) is 9.48. The molecule has 1 atom stereocenters. The minimum atomic E-state index is -0.933. The lowest BCUT2D eigenvalue weighted by Gasteiger charge is -2.37. The molecule has 1 aliphatic rings. The molecule has 0 aromatic heterocycles. The number of alkyl carbamates (subject to hydrolysis) is 1. The molecule has 2 N–H and O–H groups in total. The fraction of sp³-hybridized carbons (Fsp3) is 0.579. The number of nitrogens with zero attached hydrogens (tertiary/aromatic N) is 2. The highest BCUT2D eigenvalue weighted by Gasteiger charge is 2.29. The molecule has 0 saturated carbocycles. The summed E-state index contributed by atoms with van der Waals surface area (Å²) in [7, 11) is 0. The van der Waals surface area contributed by atoms with E-state index in [2.05, 4.69) is 22.3 Å². The van der Waals surface area contributed by atoms with Crippen LogP contribution in [0.1, 0.15) is 26.3 Å². The molecule has 0 bridgehead atoms. The maximum Gasteiger partial charge on any atom is 0.407 e. The zero-order valence-corrected chi connectivity index (χ0v) is 15.8. The van der Waals surface area contributed by atoms with E-state index in [-0.39, 0.29) is 6.54 Å². The third-order valence-corrected chi connectivity index (χ3v) is 4.22. The normalized spacial score (nSPS) is 17.5. The van der Waals surface area contributed by atoms with Crippen LogP contribution in [0.25, 0.3) is 0 Å². The second kappa shape index (κ2) is 9.00. The summed E-state index contributed by atoms with van der Waals surface area (Å²) in [5.74, 6) is -0.933. The van der Waals surface area contributed by atoms with Crippen LogP contribution in [0, 0.1) is 0 Å². The maximum atomic E-state index is 11.8. The second-order valence-electron chi connectivity index (χ2n) is 7.53. The fourth-order valence-corrected chi connectivity index (χ4v) is 2.94. The number of hydrogen-bond donors (Lipinski definition) is 2. The predicted octanol–water partition coefficient (Wildman–Crippen LogP) is 1.78. The van der Waals surface area contributed by atoms with E-state index in [1.165, 1.54) is 5.56 Å². The Hall–Kier alpha value is -2.12. The highest BCUT2D eigenvalue weighted by Crippen LogP contribution is 2.11. The van der Waals surface area contributed by atoms with E-state index in [1.54, 1.807) is 20.8 Å². The van der Waals surface area contributed by atoms with Crippen molar-refractivity contribution in [2.75, 3.05) is 32.7 Å². The summed E-state index contributed by atoms with van der Waals surface area (Å²) < 4.78 is 5.17. The number of ether oxygens (including phenoxy) is 1. The van der Waals surface area contributed by atoms with Crippen LogP contribution in [0.5, 0.6) is 0 Å². The Kier molecular flexibility index (Phi) is 6.99. The third-order valence-electron chi connectivity index (χ3n) is 4.22. The van der Waals surface area contributed by atoms with E-state index >= 15 is 0 Å². The SMILES string of the molecule is CC(C)(C)OC(=O)NCC(C(=O)O)N1CCN(Cc2ccccc2)CC1. The van der Waals surface area contributed by atoms with E-state index in [1.807, 2.05) is 23.1 Å². The van der Waals surface area contributed by atoms with Crippen molar-refractivity contribution in [3.63, 3.8) is 0 Å². The second-order valence-corrected chi connectivity index (χ2v) is 7.53. The summed E-state index contributed by atoms with van der Waals surface area (Å²) >= 11 is 0. The highest BCUT2D eigenvalue weighted by atomic mass is 16.6. The molecule has 7 nitrogen and oxygen atoms in total. The summed E-state index contributed by atoms with van der Waals surface area (Å²) in [5, 5.41) is 12.1. The van der Waals surface area contributed by atoms with Gasteiger partial charge in [-0.1, -0.05) is 30.3 Å². The number of rotatable bonds is 6. The number of piperazine rings is 1. The summed E-state index contributed by atoms with van der Waals surface area (Å²) in [6.07, 6.45) is -0.591. The number of carbonyl (C=O) groups is 2. The number of benzene rings is 1. The van der Waals surface area contributed by atoms with E-state index in [9.17, 15) is 14.7 Å².